The molecule has 1 saturated carbocycles. The summed E-state index contributed by atoms with van der Waals surface area (Å²) in [7, 11) is 0. The maximum atomic E-state index is 12.1. The summed E-state index contributed by atoms with van der Waals surface area (Å²) in [6, 6.07) is 1.99. The first-order valence-electron chi connectivity index (χ1n) is 7.09. The predicted molar refractivity (Wildman–Crippen MR) is 67.7 cm³/mol. The zero-order chi connectivity index (χ0) is 12.8. The lowest BCUT2D eigenvalue weighted by Crippen LogP contribution is -2.44. The molecule has 0 aromatic heterocycles. The zero-order valence-corrected chi connectivity index (χ0v) is 10.9. The van der Waals surface area contributed by atoms with Crippen molar-refractivity contribution in [3.63, 3.8) is 0 Å². The average molecular weight is 250 g/mol. The van der Waals surface area contributed by atoms with Crippen LogP contribution in [0, 0.1) is 23.2 Å². The van der Waals surface area contributed by atoms with Gasteiger partial charge in [-0.1, -0.05) is 19.3 Å². The first kappa shape index (κ1) is 13.4. The number of hydrogen-bond donors (Lipinski definition) is 1. The lowest BCUT2D eigenvalue weighted by atomic mass is 9.84. The van der Waals surface area contributed by atoms with E-state index < -0.39 is 0 Å². The van der Waals surface area contributed by atoms with Gasteiger partial charge in [-0.2, -0.15) is 5.26 Å². The van der Waals surface area contributed by atoms with Crippen molar-refractivity contribution in [2.24, 2.45) is 11.8 Å². The van der Waals surface area contributed by atoms with Crippen molar-refractivity contribution in [1.82, 2.24) is 5.32 Å². The summed E-state index contributed by atoms with van der Waals surface area (Å²) in [6.07, 6.45) is 7.37. The van der Waals surface area contributed by atoms with E-state index in [1.54, 1.807) is 0 Å². The number of amides is 1. The Hall–Kier alpha value is -1.08. The SMILES string of the molecule is N#CC(NC(=O)C1CCOCC1)C1CCCCC1. The van der Waals surface area contributed by atoms with Crippen molar-refractivity contribution in [3.05, 3.63) is 0 Å². The molecule has 1 heterocycles. The minimum absolute atomic E-state index is 0.0400. The van der Waals surface area contributed by atoms with E-state index in [4.69, 9.17) is 4.74 Å². The van der Waals surface area contributed by atoms with Gasteiger partial charge < -0.3 is 10.1 Å². The summed E-state index contributed by atoms with van der Waals surface area (Å²) < 4.78 is 5.25. The molecule has 2 fully saturated rings. The smallest absolute Gasteiger partial charge is 0.224 e. The van der Waals surface area contributed by atoms with Gasteiger partial charge in [-0.15, -0.1) is 0 Å². The zero-order valence-electron chi connectivity index (χ0n) is 10.9. The fourth-order valence-corrected chi connectivity index (χ4v) is 2.95. The monoisotopic (exact) mass is 250 g/mol. The van der Waals surface area contributed by atoms with Gasteiger partial charge >= 0.3 is 0 Å². The van der Waals surface area contributed by atoms with Gasteiger partial charge in [0, 0.05) is 19.1 Å². The Morgan fingerprint density at radius 2 is 1.83 bits per heavy atom. The topological polar surface area (TPSA) is 62.1 Å². The number of nitrogens with zero attached hydrogens (tertiary/aromatic N) is 1. The highest BCUT2D eigenvalue weighted by molar-refractivity contribution is 5.79. The number of carbonyl (C=O) groups excluding carboxylic acids is 1. The summed E-state index contributed by atoms with van der Waals surface area (Å²) in [5, 5.41) is 12.2. The highest BCUT2D eigenvalue weighted by atomic mass is 16.5. The van der Waals surface area contributed by atoms with Crippen LogP contribution >= 0.6 is 0 Å². The molecule has 0 aromatic rings. The molecule has 0 aromatic carbocycles. The quantitative estimate of drug-likeness (QED) is 0.833. The number of ether oxygens (including phenoxy) is 1. The molecule has 1 aliphatic carbocycles. The highest BCUT2D eigenvalue weighted by Gasteiger charge is 2.28. The minimum Gasteiger partial charge on any atom is -0.381 e. The molecule has 2 aliphatic rings. The van der Waals surface area contributed by atoms with Crippen LogP contribution in [0.4, 0.5) is 0 Å². The van der Waals surface area contributed by atoms with Crippen LogP contribution in [0.15, 0.2) is 0 Å². The fraction of sp³-hybridized carbons (Fsp3) is 0.857. The first-order chi connectivity index (χ1) is 8.81. The number of rotatable bonds is 3. The normalized spacial score (nSPS) is 24.2. The molecule has 1 N–H and O–H groups in total. The summed E-state index contributed by atoms with van der Waals surface area (Å²) in [5.74, 6) is 0.446. The first-order valence-corrected chi connectivity index (χ1v) is 7.09. The average Bonchev–Trinajstić information content (AvgIpc) is 2.46. The van der Waals surface area contributed by atoms with Crippen LogP contribution in [0.2, 0.25) is 0 Å². The predicted octanol–water partition coefficient (Wildman–Crippen LogP) is 2.00. The van der Waals surface area contributed by atoms with E-state index in [9.17, 15) is 10.1 Å². The van der Waals surface area contributed by atoms with Crippen LogP contribution in [-0.2, 0) is 9.53 Å². The van der Waals surface area contributed by atoms with Crippen molar-refractivity contribution >= 4 is 5.91 Å². The van der Waals surface area contributed by atoms with Gasteiger partial charge in [-0.05, 0) is 31.6 Å². The summed E-state index contributed by atoms with van der Waals surface area (Å²) in [6.45, 7) is 1.33. The van der Waals surface area contributed by atoms with E-state index in [1.807, 2.05) is 0 Å². The Bertz CT molecular complexity index is 312. The Balaban J connectivity index is 1.85. The van der Waals surface area contributed by atoms with Gasteiger partial charge in [0.1, 0.15) is 6.04 Å². The largest absolute Gasteiger partial charge is 0.381 e. The second-order valence-electron chi connectivity index (χ2n) is 5.40. The molecule has 1 unspecified atom stereocenters. The number of hydrogen-bond acceptors (Lipinski definition) is 3. The van der Waals surface area contributed by atoms with Gasteiger partial charge in [-0.3, -0.25) is 4.79 Å². The molecule has 0 bridgehead atoms. The maximum absolute atomic E-state index is 12.1. The maximum Gasteiger partial charge on any atom is 0.224 e. The molecular weight excluding hydrogens is 228 g/mol. The van der Waals surface area contributed by atoms with Gasteiger partial charge in [0.05, 0.1) is 6.07 Å². The van der Waals surface area contributed by atoms with Crippen molar-refractivity contribution in [2.75, 3.05) is 13.2 Å². The van der Waals surface area contributed by atoms with E-state index in [1.165, 1.54) is 19.3 Å². The van der Waals surface area contributed by atoms with Crippen molar-refractivity contribution in [1.29, 1.82) is 5.26 Å². The lowest BCUT2D eigenvalue weighted by molar-refractivity contribution is -0.128. The highest BCUT2D eigenvalue weighted by Crippen LogP contribution is 2.26. The molecule has 1 saturated heterocycles. The van der Waals surface area contributed by atoms with E-state index >= 15 is 0 Å². The Morgan fingerprint density at radius 3 is 2.44 bits per heavy atom. The minimum atomic E-state index is -0.291. The van der Waals surface area contributed by atoms with Gasteiger partial charge in [-0.25, -0.2) is 0 Å². The third-order valence-corrected chi connectivity index (χ3v) is 4.15. The summed E-state index contributed by atoms with van der Waals surface area (Å²) >= 11 is 0. The van der Waals surface area contributed by atoms with E-state index in [-0.39, 0.29) is 17.9 Å². The van der Waals surface area contributed by atoms with Gasteiger partial charge in [0.15, 0.2) is 0 Å². The molecule has 4 nitrogen and oxygen atoms in total. The van der Waals surface area contributed by atoms with Gasteiger partial charge in [0.2, 0.25) is 5.91 Å². The molecule has 4 heteroatoms. The molecule has 100 valence electrons. The molecule has 2 rings (SSSR count). The van der Waals surface area contributed by atoms with E-state index in [2.05, 4.69) is 11.4 Å². The number of nitrogens with one attached hydrogen (secondary N) is 1. The second kappa shape index (κ2) is 6.75. The third-order valence-electron chi connectivity index (χ3n) is 4.15. The van der Waals surface area contributed by atoms with E-state index in [0.29, 0.717) is 19.1 Å². The Labute approximate surface area is 109 Å². The lowest BCUT2D eigenvalue weighted by Gasteiger charge is -2.28. The van der Waals surface area contributed by atoms with Crippen LogP contribution in [0.3, 0.4) is 0 Å². The van der Waals surface area contributed by atoms with Crippen LogP contribution in [-0.4, -0.2) is 25.2 Å². The van der Waals surface area contributed by atoms with Crippen molar-refractivity contribution in [2.45, 2.75) is 51.0 Å². The van der Waals surface area contributed by atoms with Crippen molar-refractivity contribution < 1.29 is 9.53 Å². The van der Waals surface area contributed by atoms with Crippen LogP contribution in [0.25, 0.3) is 0 Å². The standard InChI is InChI=1S/C14H22N2O2/c15-10-13(11-4-2-1-3-5-11)16-14(17)12-6-8-18-9-7-12/h11-13H,1-9H2,(H,16,17). The van der Waals surface area contributed by atoms with Gasteiger partial charge in [0.25, 0.3) is 0 Å². The number of nitriles is 1. The van der Waals surface area contributed by atoms with Crippen LogP contribution < -0.4 is 5.32 Å². The van der Waals surface area contributed by atoms with Crippen LogP contribution in [0.5, 0.6) is 0 Å². The summed E-state index contributed by atoms with van der Waals surface area (Å²) in [5.41, 5.74) is 0. The Kier molecular flexibility index (Phi) is 5.00. The van der Waals surface area contributed by atoms with Crippen LogP contribution in [0.1, 0.15) is 44.9 Å². The number of carbonyl (C=O) groups is 1. The Morgan fingerprint density at radius 1 is 1.17 bits per heavy atom. The molecule has 1 aliphatic heterocycles. The molecule has 1 atom stereocenters. The molecule has 1 amide bonds. The van der Waals surface area contributed by atoms with E-state index in [0.717, 1.165) is 25.7 Å². The second-order valence-corrected chi connectivity index (χ2v) is 5.40. The summed E-state index contributed by atoms with van der Waals surface area (Å²) in [4.78, 5) is 12.1. The molecule has 18 heavy (non-hydrogen) atoms. The fourth-order valence-electron chi connectivity index (χ4n) is 2.95. The van der Waals surface area contributed by atoms with Crippen molar-refractivity contribution in [3.8, 4) is 6.07 Å². The molecule has 0 spiro atoms. The molecule has 0 radical (unpaired) electrons. The molecular formula is C14H22N2O2. The third kappa shape index (κ3) is 3.46.